The number of fused-ring (bicyclic) bond motifs is 1. The molecule has 0 aliphatic heterocycles. The Labute approximate surface area is 99.2 Å². The van der Waals surface area contributed by atoms with Crippen molar-refractivity contribution in [1.29, 1.82) is 0 Å². The van der Waals surface area contributed by atoms with Crippen LogP contribution in [0.2, 0.25) is 5.15 Å². The molecule has 1 saturated carbocycles. The van der Waals surface area contributed by atoms with E-state index in [9.17, 15) is 0 Å². The first-order chi connectivity index (χ1) is 7.65. The first-order valence-corrected chi connectivity index (χ1v) is 5.98. The molecular weight excluding hydrogens is 222 g/mol. The summed E-state index contributed by atoms with van der Waals surface area (Å²) in [5.74, 6) is 0. The Morgan fingerprint density at radius 2 is 2.25 bits per heavy atom. The molecule has 1 aliphatic rings. The predicted octanol–water partition coefficient (Wildman–Crippen LogP) is 2.66. The maximum absolute atomic E-state index is 6.28. The van der Waals surface area contributed by atoms with E-state index in [2.05, 4.69) is 18.1 Å². The molecule has 1 aromatic heterocycles. The van der Waals surface area contributed by atoms with E-state index in [1.165, 1.54) is 5.56 Å². The van der Waals surface area contributed by atoms with Crippen molar-refractivity contribution in [2.75, 3.05) is 0 Å². The molecular formula is C12H14ClN3. The molecule has 0 atom stereocenters. The summed E-state index contributed by atoms with van der Waals surface area (Å²) in [7, 11) is 0. The fourth-order valence-corrected chi connectivity index (χ4v) is 2.48. The van der Waals surface area contributed by atoms with Gasteiger partial charge in [-0.2, -0.15) is 5.10 Å². The Hall–Kier alpha value is -1.06. The Bertz CT molecular complexity index is 555. The van der Waals surface area contributed by atoms with Crippen LogP contribution >= 0.6 is 11.6 Å². The van der Waals surface area contributed by atoms with E-state index < -0.39 is 0 Å². The largest absolute Gasteiger partial charge is 0.321 e. The normalized spacial score (nSPS) is 17.9. The van der Waals surface area contributed by atoms with Gasteiger partial charge in [0.05, 0.1) is 5.52 Å². The molecule has 1 fully saturated rings. The number of nitrogens with two attached hydrogens (primary N) is 1. The lowest BCUT2D eigenvalue weighted by Crippen LogP contribution is -2.20. The van der Waals surface area contributed by atoms with Crippen molar-refractivity contribution in [3.63, 3.8) is 0 Å². The van der Waals surface area contributed by atoms with E-state index in [-0.39, 0.29) is 5.54 Å². The SMILES string of the molecule is CCn1nc(Cl)c2cccc(C3(N)CC3)c21. The molecule has 0 saturated heterocycles. The maximum Gasteiger partial charge on any atom is 0.158 e. The van der Waals surface area contributed by atoms with Gasteiger partial charge in [0.1, 0.15) is 0 Å². The fraction of sp³-hybridized carbons (Fsp3) is 0.417. The van der Waals surface area contributed by atoms with Crippen LogP contribution < -0.4 is 5.73 Å². The van der Waals surface area contributed by atoms with Gasteiger partial charge < -0.3 is 5.73 Å². The van der Waals surface area contributed by atoms with E-state index in [0.717, 1.165) is 30.3 Å². The standard InChI is InChI=1S/C12H14ClN3/c1-2-16-10-8(11(13)15-16)4-3-5-9(10)12(14)6-7-12/h3-5H,2,6-7,14H2,1H3. The molecule has 16 heavy (non-hydrogen) atoms. The summed E-state index contributed by atoms with van der Waals surface area (Å²) in [5.41, 5.74) is 8.43. The van der Waals surface area contributed by atoms with E-state index in [0.29, 0.717) is 5.15 Å². The first-order valence-electron chi connectivity index (χ1n) is 5.60. The summed E-state index contributed by atoms with van der Waals surface area (Å²) in [6.45, 7) is 2.88. The van der Waals surface area contributed by atoms with Crippen molar-refractivity contribution in [3.05, 3.63) is 28.9 Å². The second kappa shape index (κ2) is 3.22. The van der Waals surface area contributed by atoms with Gasteiger partial charge in [0, 0.05) is 17.5 Å². The van der Waals surface area contributed by atoms with Crippen molar-refractivity contribution in [2.45, 2.75) is 31.8 Å². The highest BCUT2D eigenvalue weighted by atomic mass is 35.5. The highest BCUT2D eigenvalue weighted by Crippen LogP contribution is 2.45. The molecule has 4 heteroatoms. The maximum atomic E-state index is 6.28. The van der Waals surface area contributed by atoms with Crippen LogP contribution in [0.4, 0.5) is 0 Å². The molecule has 1 heterocycles. The van der Waals surface area contributed by atoms with Gasteiger partial charge in [0.15, 0.2) is 5.15 Å². The second-order valence-electron chi connectivity index (χ2n) is 4.46. The zero-order valence-corrected chi connectivity index (χ0v) is 9.96. The third-order valence-electron chi connectivity index (χ3n) is 3.35. The molecule has 1 aliphatic carbocycles. The van der Waals surface area contributed by atoms with Crippen LogP contribution in [0.3, 0.4) is 0 Å². The van der Waals surface area contributed by atoms with Crippen molar-refractivity contribution < 1.29 is 0 Å². The van der Waals surface area contributed by atoms with E-state index in [4.69, 9.17) is 17.3 Å². The minimum absolute atomic E-state index is 0.143. The van der Waals surface area contributed by atoms with Gasteiger partial charge >= 0.3 is 0 Å². The molecule has 0 radical (unpaired) electrons. The number of hydrogen-bond donors (Lipinski definition) is 1. The van der Waals surface area contributed by atoms with Gasteiger partial charge in [-0.25, -0.2) is 0 Å². The minimum atomic E-state index is -0.143. The minimum Gasteiger partial charge on any atom is -0.321 e. The summed E-state index contributed by atoms with van der Waals surface area (Å²) in [4.78, 5) is 0. The molecule has 0 bridgehead atoms. The number of rotatable bonds is 2. The van der Waals surface area contributed by atoms with Crippen LogP contribution in [-0.4, -0.2) is 9.78 Å². The molecule has 2 aromatic rings. The third-order valence-corrected chi connectivity index (χ3v) is 3.63. The lowest BCUT2D eigenvalue weighted by Gasteiger charge is -2.12. The second-order valence-corrected chi connectivity index (χ2v) is 4.82. The Kier molecular flexibility index (Phi) is 2.03. The Morgan fingerprint density at radius 1 is 1.50 bits per heavy atom. The summed E-state index contributed by atoms with van der Waals surface area (Å²) in [5, 5.41) is 5.92. The van der Waals surface area contributed by atoms with Gasteiger partial charge in [-0.1, -0.05) is 23.7 Å². The van der Waals surface area contributed by atoms with Crippen LogP contribution in [0.1, 0.15) is 25.3 Å². The van der Waals surface area contributed by atoms with Gasteiger partial charge in [-0.05, 0) is 31.4 Å². The van der Waals surface area contributed by atoms with E-state index in [1.54, 1.807) is 0 Å². The third kappa shape index (κ3) is 1.28. The molecule has 3 rings (SSSR count). The lowest BCUT2D eigenvalue weighted by molar-refractivity contribution is 0.668. The number of benzene rings is 1. The number of aryl methyl sites for hydroxylation is 1. The van der Waals surface area contributed by atoms with Gasteiger partial charge in [-0.15, -0.1) is 0 Å². The fourth-order valence-electron chi connectivity index (χ4n) is 2.23. The number of nitrogens with zero attached hydrogens (tertiary/aromatic N) is 2. The monoisotopic (exact) mass is 235 g/mol. The smallest absolute Gasteiger partial charge is 0.158 e. The van der Waals surface area contributed by atoms with Crippen LogP contribution in [0.15, 0.2) is 18.2 Å². The van der Waals surface area contributed by atoms with Gasteiger partial charge in [0.2, 0.25) is 0 Å². The van der Waals surface area contributed by atoms with Gasteiger partial charge in [0.25, 0.3) is 0 Å². The highest BCUT2D eigenvalue weighted by Gasteiger charge is 2.42. The van der Waals surface area contributed by atoms with Gasteiger partial charge in [-0.3, -0.25) is 4.68 Å². The highest BCUT2D eigenvalue weighted by molar-refractivity contribution is 6.34. The first kappa shape index (κ1) is 10.1. The summed E-state index contributed by atoms with van der Waals surface area (Å²) >= 11 is 6.13. The van der Waals surface area contributed by atoms with Crippen molar-refractivity contribution in [3.8, 4) is 0 Å². The average Bonchev–Trinajstić information content (AvgIpc) is 2.95. The Balaban J connectivity index is 2.36. The zero-order valence-electron chi connectivity index (χ0n) is 9.20. The van der Waals surface area contributed by atoms with Crippen LogP contribution in [0.5, 0.6) is 0 Å². The molecule has 2 N–H and O–H groups in total. The van der Waals surface area contributed by atoms with Crippen LogP contribution in [-0.2, 0) is 12.1 Å². The van der Waals surface area contributed by atoms with Crippen LogP contribution in [0, 0.1) is 0 Å². The summed E-state index contributed by atoms with van der Waals surface area (Å²) in [6.07, 6.45) is 2.11. The number of halogens is 1. The van der Waals surface area contributed by atoms with Crippen molar-refractivity contribution >= 4 is 22.5 Å². The van der Waals surface area contributed by atoms with Crippen molar-refractivity contribution in [2.24, 2.45) is 5.73 Å². The number of aromatic nitrogens is 2. The quantitative estimate of drug-likeness (QED) is 0.870. The zero-order chi connectivity index (χ0) is 11.3. The molecule has 84 valence electrons. The molecule has 0 amide bonds. The number of hydrogen-bond acceptors (Lipinski definition) is 2. The topological polar surface area (TPSA) is 43.8 Å². The van der Waals surface area contributed by atoms with E-state index in [1.807, 2.05) is 16.8 Å². The Morgan fingerprint density at radius 3 is 2.88 bits per heavy atom. The summed E-state index contributed by atoms with van der Waals surface area (Å²) < 4.78 is 1.94. The molecule has 0 unspecified atom stereocenters. The molecule has 3 nitrogen and oxygen atoms in total. The lowest BCUT2D eigenvalue weighted by atomic mass is 10.0. The molecule has 1 aromatic carbocycles. The van der Waals surface area contributed by atoms with E-state index >= 15 is 0 Å². The number of para-hydroxylation sites is 1. The molecule has 0 spiro atoms. The average molecular weight is 236 g/mol. The predicted molar refractivity (Wildman–Crippen MR) is 65.5 cm³/mol. The van der Waals surface area contributed by atoms with Crippen LogP contribution in [0.25, 0.3) is 10.9 Å². The van der Waals surface area contributed by atoms with Crippen molar-refractivity contribution in [1.82, 2.24) is 9.78 Å². The summed E-state index contributed by atoms with van der Waals surface area (Å²) in [6, 6.07) is 6.11.